The number of piperazine rings is 1. The summed E-state index contributed by atoms with van der Waals surface area (Å²) in [5.74, 6) is -0.0987. The molecular formula is C27H32Cl2N4O3. The fourth-order valence-electron chi connectivity index (χ4n) is 5.72. The molecule has 1 saturated carbocycles. The molecule has 0 bridgehead atoms. The maximum absolute atomic E-state index is 13.9. The maximum Gasteiger partial charge on any atom is 0.249 e. The van der Waals surface area contributed by atoms with Crippen molar-refractivity contribution in [1.82, 2.24) is 14.7 Å². The first kappa shape index (κ1) is 25.5. The zero-order valence-electron chi connectivity index (χ0n) is 20.3. The van der Waals surface area contributed by atoms with Gasteiger partial charge in [0.25, 0.3) is 0 Å². The minimum atomic E-state index is -1.04. The molecule has 2 aromatic rings. The average Bonchev–Trinajstić information content (AvgIpc) is 3.09. The van der Waals surface area contributed by atoms with Crippen LogP contribution in [-0.2, 0) is 21.5 Å². The number of β-amino-alcohol motifs (C(OH)–C–C–N with tert-alkyl or cyclic N) is 1. The zero-order chi connectivity index (χ0) is 25.3. The van der Waals surface area contributed by atoms with Crippen molar-refractivity contribution in [3.63, 3.8) is 0 Å². The minimum absolute atomic E-state index is 0.0335. The number of halogens is 2. The third-order valence-corrected chi connectivity index (χ3v) is 8.32. The Bertz CT molecular complexity index is 1130. The largest absolute Gasteiger partial charge is 0.395 e. The van der Waals surface area contributed by atoms with E-state index in [-0.39, 0.29) is 31.0 Å². The van der Waals surface area contributed by atoms with Crippen molar-refractivity contribution in [3.05, 3.63) is 63.6 Å². The molecule has 1 saturated heterocycles. The number of rotatable bonds is 8. The SMILES string of the molecule is O=C(CN(C1CCC1)C1(Cc2cccc(Cl)c2)C(=O)Nc2cc(Cl)ccc21)N1CCN(CCO)CC1. The Kier molecular flexibility index (Phi) is 7.56. The summed E-state index contributed by atoms with van der Waals surface area (Å²) >= 11 is 12.6. The molecule has 2 aromatic carbocycles. The summed E-state index contributed by atoms with van der Waals surface area (Å²) in [5.41, 5.74) is 1.45. The Hall–Kier alpha value is -2.16. The van der Waals surface area contributed by atoms with Crippen LogP contribution < -0.4 is 5.32 Å². The lowest BCUT2D eigenvalue weighted by atomic mass is 9.78. The van der Waals surface area contributed by atoms with E-state index in [1.807, 2.05) is 41.3 Å². The summed E-state index contributed by atoms with van der Waals surface area (Å²) < 4.78 is 0. The highest BCUT2D eigenvalue weighted by Gasteiger charge is 2.54. The number of fused-ring (bicyclic) bond motifs is 1. The molecule has 2 fully saturated rings. The molecular weight excluding hydrogens is 499 g/mol. The van der Waals surface area contributed by atoms with Crippen LogP contribution in [0.3, 0.4) is 0 Å². The number of hydrogen-bond acceptors (Lipinski definition) is 5. The van der Waals surface area contributed by atoms with E-state index in [9.17, 15) is 14.7 Å². The van der Waals surface area contributed by atoms with E-state index < -0.39 is 5.54 Å². The van der Waals surface area contributed by atoms with Gasteiger partial charge in [0.05, 0.1) is 13.2 Å². The Morgan fingerprint density at radius 2 is 1.83 bits per heavy atom. The van der Waals surface area contributed by atoms with Crippen LogP contribution >= 0.6 is 23.2 Å². The van der Waals surface area contributed by atoms with E-state index >= 15 is 0 Å². The van der Waals surface area contributed by atoms with Crippen LogP contribution in [-0.4, -0.2) is 83.5 Å². The van der Waals surface area contributed by atoms with Crippen LogP contribution in [0.5, 0.6) is 0 Å². The first-order valence-electron chi connectivity index (χ1n) is 12.6. The summed E-state index contributed by atoms with van der Waals surface area (Å²) in [6, 6.07) is 13.3. The van der Waals surface area contributed by atoms with Gasteiger partial charge in [-0.05, 0) is 42.7 Å². The molecule has 36 heavy (non-hydrogen) atoms. The first-order valence-corrected chi connectivity index (χ1v) is 13.4. The fraction of sp³-hybridized carbons (Fsp3) is 0.481. The van der Waals surface area contributed by atoms with Gasteiger partial charge < -0.3 is 15.3 Å². The minimum Gasteiger partial charge on any atom is -0.395 e. The van der Waals surface area contributed by atoms with Gasteiger partial charge in [-0.2, -0.15) is 0 Å². The van der Waals surface area contributed by atoms with Crippen LogP contribution in [0, 0.1) is 0 Å². The normalized spacial score (nSPS) is 22.4. The number of hydrogen-bond donors (Lipinski definition) is 2. The molecule has 0 aromatic heterocycles. The lowest BCUT2D eigenvalue weighted by molar-refractivity contribution is -0.142. The van der Waals surface area contributed by atoms with Crippen molar-refractivity contribution in [2.75, 3.05) is 51.2 Å². The molecule has 2 amide bonds. The molecule has 2 aliphatic heterocycles. The van der Waals surface area contributed by atoms with Crippen molar-refractivity contribution in [3.8, 4) is 0 Å². The summed E-state index contributed by atoms with van der Waals surface area (Å²) in [6.45, 7) is 3.64. The lowest BCUT2D eigenvalue weighted by Crippen LogP contribution is -2.61. The summed E-state index contributed by atoms with van der Waals surface area (Å²) in [7, 11) is 0. The van der Waals surface area contributed by atoms with Crippen molar-refractivity contribution < 1.29 is 14.7 Å². The smallest absolute Gasteiger partial charge is 0.249 e. The second-order valence-corrected chi connectivity index (χ2v) is 10.8. The van der Waals surface area contributed by atoms with Crippen molar-refractivity contribution in [1.29, 1.82) is 0 Å². The molecule has 0 spiro atoms. The van der Waals surface area contributed by atoms with Gasteiger partial charge in [-0.15, -0.1) is 0 Å². The van der Waals surface area contributed by atoms with E-state index in [4.69, 9.17) is 23.2 Å². The standard InChI is InChI=1S/C27H32Cl2N4O3/c28-20-4-1-3-19(15-20)17-27(23-8-7-21(29)16-24(23)30-26(27)36)33(22-5-2-6-22)18-25(35)32-11-9-31(10-12-32)13-14-34/h1,3-4,7-8,15-16,22,34H,2,5-6,9-14,17-18H2,(H,30,36). The molecule has 2 heterocycles. The van der Waals surface area contributed by atoms with E-state index in [1.54, 1.807) is 6.07 Å². The van der Waals surface area contributed by atoms with Gasteiger partial charge in [0.15, 0.2) is 0 Å². The van der Waals surface area contributed by atoms with Crippen LogP contribution in [0.4, 0.5) is 5.69 Å². The van der Waals surface area contributed by atoms with Gasteiger partial charge in [-0.3, -0.25) is 19.4 Å². The molecule has 5 rings (SSSR count). The van der Waals surface area contributed by atoms with Gasteiger partial charge in [0.1, 0.15) is 5.54 Å². The predicted octanol–water partition coefficient (Wildman–Crippen LogP) is 3.37. The Labute approximate surface area is 221 Å². The number of amides is 2. The molecule has 192 valence electrons. The summed E-state index contributed by atoms with van der Waals surface area (Å²) in [6.07, 6.45) is 3.38. The van der Waals surface area contributed by atoms with E-state index in [0.29, 0.717) is 41.8 Å². The van der Waals surface area contributed by atoms with Crippen LogP contribution in [0.25, 0.3) is 0 Å². The van der Waals surface area contributed by atoms with Crippen molar-refractivity contribution in [2.45, 2.75) is 37.3 Å². The van der Waals surface area contributed by atoms with Gasteiger partial charge in [-0.1, -0.05) is 47.8 Å². The third-order valence-electron chi connectivity index (χ3n) is 7.85. The second kappa shape index (κ2) is 10.7. The fourth-order valence-corrected chi connectivity index (χ4v) is 6.10. The van der Waals surface area contributed by atoms with Crippen LogP contribution in [0.1, 0.15) is 30.4 Å². The highest BCUT2D eigenvalue weighted by Crippen LogP contribution is 2.47. The van der Waals surface area contributed by atoms with Gasteiger partial charge in [0, 0.05) is 66.5 Å². The van der Waals surface area contributed by atoms with E-state index in [2.05, 4.69) is 15.1 Å². The number of anilines is 1. The number of carbonyl (C=O) groups excluding carboxylic acids is 2. The molecule has 7 nitrogen and oxygen atoms in total. The number of benzene rings is 2. The quantitative estimate of drug-likeness (QED) is 0.547. The highest BCUT2D eigenvalue weighted by molar-refractivity contribution is 6.31. The van der Waals surface area contributed by atoms with E-state index in [0.717, 1.165) is 43.5 Å². The van der Waals surface area contributed by atoms with Crippen molar-refractivity contribution >= 4 is 40.7 Å². The van der Waals surface area contributed by atoms with Crippen LogP contribution in [0.15, 0.2) is 42.5 Å². The third kappa shape index (κ3) is 4.87. The molecule has 2 N–H and O–H groups in total. The molecule has 1 atom stereocenters. The number of nitrogens with one attached hydrogen (secondary N) is 1. The monoisotopic (exact) mass is 530 g/mol. The lowest BCUT2D eigenvalue weighted by Gasteiger charge is -2.48. The molecule has 0 radical (unpaired) electrons. The number of aliphatic hydroxyl groups is 1. The average molecular weight is 531 g/mol. The molecule has 9 heteroatoms. The summed E-state index contributed by atoms with van der Waals surface area (Å²) in [5, 5.41) is 13.5. The number of aliphatic hydroxyl groups excluding tert-OH is 1. The molecule has 1 aliphatic carbocycles. The first-order chi connectivity index (χ1) is 17.4. The highest BCUT2D eigenvalue weighted by atomic mass is 35.5. The number of carbonyl (C=O) groups is 2. The number of nitrogens with zero attached hydrogens (tertiary/aromatic N) is 3. The van der Waals surface area contributed by atoms with E-state index in [1.165, 1.54) is 0 Å². The Morgan fingerprint density at radius 3 is 2.50 bits per heavy atom. The Balaban J connectivity index is 1.50. The van der Waals surface area contributed by atoms with Crippen molar-refractivity contribution in [2.24, 2.45) is 0 Å². The molecule has 3 aliphatic rings. The van der Waals surface area contributed by atoms with Gasteiger partial charge >= 0.3 is 0 Å². The molecule has 1 unspecified atom stereocenters. The predicted molar refractivity (Wildman–Crippen MR) is 141 cm³/mol. The summed E-state index contributed by atoms with van der Waals surface area (Å²) in [4.78, 5) is 33.8. The topological polar surface area (TPSA) is 76.1 Å². The van der Waals surface area contributed by atoms with Gasteiger partial charge in [0.2, 0.25) is 11.8 Å². The Morgan fingerprint density at radius 1 is 1.08 bits per heavy atom. The second-order valence-electron chi connectivity index (χ2n) is 9.97. The van der Waals surface area contributed by atoms with Crippen LogP contribution in [0.2, 0.25) is 10.0 Å². The zero-order valence-corrected chi connectivity index (χ0v) is 21.8. The maximum atomic E-state index is 13.9. The van der Waals surface area contributed by atoms with Gasteiger partial charge in [-0.25, -0.2) is 0 Å².